The lowest BCUT2D eigenvalue weighted by Gasteiger charge is -2.12. The van der Waals surface area contributed by atoms with Crippen LogP contribution in [0.5, 0.6) is 11.5 Å². The zero-order valence-corrected chi connectivity index (χ0v) is 20.3. The van der Waals surface area contributed by atoms with E-state index in [-0.39, 0.29) is 18.1 Å². The smallest absolute Gasteiger partial charge is 0.335 e. The normalized spacial score (nSPS) is 12.3. The van der Waals surface area contributed by atoms with E-state index >= 15 is 0 Å². The second-order valence-electron chi connectivity index (χ2n) is 8.43. The van der Waals surface area contributed by atoms with Gasteiger partial charge in [-0.1, -0.05) is 0 Å². The van der Waals surface area contributed by atoms with Gasteiger partial charge in [-0.3, -0.25) is 9.59 Å². The van der Waals surface area contributed by atoms with Crippen LogP contribution in [0, 0.1) is 0 Å². The predicted molar refractivity (Wildman–Crippen MR) is 137 cm³/mol. The number of nitrogens with one attached hydrogen (secondary N) is 3. The van der Waals surface area contributed by atoms with Crippen molar-refractivity contribution in [3.63, 3.8) is 0 Å². The Morgan fingerprint density at radius 1 is 1.08 bits per heavy atom. The number of carbonyl (C=O) groups excluding carboxylic acids is 2. The molecular weight excluding hydrogens is 490 g/mol. The molecule has 4 N–H and O–H groups in total. The first-order chi connectivity index (χ1) is 18.4. The van der Waals surface area contributed by atoms with E-state index in [0.717, 1.165) is 17.8 Å². The Morgan fingerprint density at radius 3 is 2.63 bits per heavy atom. The highest BCUT2D eigenvalue weighted by Gasteiger charge is 2.21. The quantitative estimate of drug-likeness (QED) is 0.280. The van der Waals surface area contributed by atoms with Gasteiger partial charge in [-0.25, -0.2) is 14.8 Å². The van der Waals surface area contributed by atoms with Gasteiger partial charge in [0.15, 0.2) is 23.9 Å². The summed E-state index contributed by atoms with van der Waals surface area (Å²) in [6.07, 6.45) is 2.37. The van der Waals surface area contributed by atoms with Crippen LogP contribution in [0.1, 0.15) is 26.4 Å². The minimum absolute atomic E-state index is 0.104. The molecule has 0 radical (unpaired) electrons. The molecule has 192 valence electrons. The number of ether oxygens (including phenoxy) is 2. The van der Waals surface area contributed by atoms with Crippen molar-refractivity contribution in [2.75, 3.05) is 25.6 Å². The molecule has 0 fully saturated rings. The Morgan fingerprint density at radius 2 is 1.89 bits per heavy atom. The molecule has 0 atom stereocenters. The maximum absolute atomic E-state index is 12.3. The number of H-pyrrole nitrogens is 1. The molecule has 2 amide bonds. The molecule has 0 unspecified atom stereocenters. The van der Waals surface area contributed by atoms with Crippen molar-refractivity contribution < 1.29 is 29.0 Å². The maximum Gasteiger partial charge on any atom is 0.335 e. The number of amides is 2. The summed E-state index contributed by atoms with van der Waals surface area (Å²) in [6.45, 7) is 0.310. The molecule has 11 nitrogen and oxygen atoms in total. The lowest BCUT2D eigenvalue weighted by molar-refractivity contribution is -0.118. The van der Waals surface area contributed by atoms with E-state index in [1.165, 1.54) is 31.4 Å². The molecular formula is C27H23N5O6. The van der Waals surface area contributed by atoms with Crippen LogP contribution in [-0.4, -0.2) is 58.1 Å². The predicted octanol–water partition coefficient (Wildman–Crippen LogP) is 3.15. The van der Waals surface area contributed by atoms with Gasteiger partial charge < -0.3 is 30.2 Å². The minimum Gasteiger partial charge on any atom is -0.493 e. The zero-order chi connectivity index (χ0) is 26.6. The topological polar surface area (TPSA) is 156 Å². The fourth-order valence-electron chi connectivity index (χ4n) is 4.04. The summed E-state index contributed by atoms with van der Waals surface area (Å²) in [7, 11) is 1.49. The molecule has 3 heterocycles. The van der Waals surface area contributed by atoms with Gasteiger partial charge in [-0.2, -0.15) is 0 Å². The van der Waals surface area contributed by atoms with Gasteiger partial charge in [-0.15, -0.1) is 0 Å². The molecule has 0 spiro atoms. The first kappa shape index (κ1) is 24.5. The molecule has 4 aromatic rings. The lowest BCUT2D eigenvalue weighted by atomic mass is 10.1. The van der Waals surface area contributed by atoms with Crippen LogP contribution in [0.4, 0.5) is 5.69 Å². The van der Waals surface area contributed by atoms with Crippen LogP contribution in [0.25, 0.3) is 22.8 Å². The fraction of sp³-hybridized carbons (Fsp3) is 0.148. The van der Waals surface area contributed by atoms with E-state index in [9.17, 15) is 14.4 Å². The van der Waals surface area contributed by atoms with Gasteiger partial charge in [0.1, 0.15) is 0 Å². The molecule has 5 rings (SSSR count). The monoisotopic (exact) mass is 513 g/mol. The Labute approximate surface area is 216 Å². The molecule has 0 saturated carbocycles. The number of methoxy groups -OCH3 is 1. The van der Waals surface area contributed by atoms with Gasteiger partial charge in [-0.05, 0) is 54.6 Å². The Bertz CT molecular complexity index is 1530. The molecule has 1 aliphatic heterocycles. The van der Waals surface area contributed by atoms with Crippen molar-refractivity contribution in [2.45, 2.75) is 6.42 Å². The van der Waals surface area contributed by atoms with Crippen LogP contribution >= 0.6 is 0 Å². The van der Waals surface area contributed by atoms with Crippen molar-refractivity contribution >= 4 is 23.5 Å². The van der Waals surface area contributed by atoms with Crippen LogP contribution in [0.3, 0.4) is 0 Å². The second kappa shape index (κ2) is 10.4. The van der Waals surface area contributed by atoms with Crippen molar-refractivity contribution in [2.24, 2.45) is 0 Å². The van der Waals surface area contributed by atoms with Gasteiger partial charge >= 0.3 is 5.97 Å². The summed E-state index contributed by atoms with van der Waals surface area (Å²) in [5, 5.41) is 14.5. The number of hydrogen-bond acceptors (Lipinski definition) is 7. The Balaban J connectivity index is 1.28. The van der Waals surface area contributed by atoms with Crippen molar-refractivity contribution in [3.8, 4) is 34.3 Å². The molecule has 0 aliphatic carbocycles. The number of aromatic carboxylic acids is 1. The standard InChI is InChI=1S/C27H23N5O6/c1-37-23-12-16(4-7-22(23)38-14-24(33)30-17-5-2-15(3-6-17)27(35)36)25-28-10-9-20(32-25)21-13-18-19(31-21)8-11-29-26(18)34/h2-7,9-10,12-13,31H,8,11,14H2,1H3,(H,29,34)(H,30,33)(H,35,36). The van der Waals surface area contributed by atoms with Crippen LogP contribution in [0.2, 0.25) is 0 Å². The number of aromatic amines is 1. The summed E-state index contributed by atoms with van der Waals surface area (Å²) in [5.74, 6) is -0.373. The number of anilines is 1. The second-order valence-corrected chi connectivity index (χ2v) is 8.43. The Hall–Kier alpha value is -5.19. The molecule has 0 saturated heterocycles. The molecule has 2 aromatic carbocycles. The van der Waals surface area contributed by atoms with Crippen molar-refractivity contribution in [1.82, 2.24) is 20.3 Å². The SMILES string of the molecule is COc1cc(-c2nccc(-c3cc4c([nH]3)CCNC4=O)n2)ccc1OCC(=O)Nc1ccc(C(=O)O)cc1. The van der Waals surface area contributed by atoms with Gasteiger partial charge in [0.25, 0.3) is 11.8 Å². The average Bonchev–Trinajstić information content (AvgIpc) is 3.38. The highest BCUT2D eigenvalue weighted by atomic mass is 16.5. The highest BCUT2D eigenvalue weighted by molar-refractivity contribution is 5.97. The number of carboxylic acids is 1. The number of aromatic nitrogens is 3. The van der Waals surface area contributed by atoms with Crippen molar-refractivity contribution in [3.05, 3.63) is 77.6 Å². The summed E-state index contributed by atoms with van der Waals surface area (Å²) >= 11 is 0. The molecule has 1 aliphatic rings. The number of carboxylic acid groups (broad SMARTS) is 1. The summed E-state index contributed by atoms with van der Waals surface area (Å²) in [5.41, 5.74) is 4.12. The number of nitrogens with zero attached hydrogens (tertiary/aromatic N) is 2. The molecule has 11 heteroatoms. The minimum atomic E-state index is -1.05. The van der Waals surface area contributed by atoms with E-state index in [1.54, 1.807) is 36.5 Å². The van der Waals surface area contributed by atoms with E-state index in [0.29, 0.717) is 46.4 Å². The first-order valence-corrected chi connectivity index (χ1v) is 11.7. The highest BCUT2D eigenvalue weighted by Crippen LogP contribution is 2.32. The van der Waals surface area contributed by atoms with Gasteiger partial charge in [0, 0.05) is 36.1 Å². The maximum atomic E-state index is 12.3. The third-order valence-corrected chi connectivity index (χ3v) is 5.93. The number of carbonyl (C=O) groups is 3. The van der Waals surface area contributed by atoms with Crippen molar-refractivity contribution in [1.29, 1.82) is 0 Å². The van der Waals surface area contributed by atoms with Gasteiger partial charge in [0.05, 0.1) is 29.6 Å². The van der Waals surface area contributed by atoms with Crippen LogP contribution in [0.15, 0.2) is 60.8 Å². The van der Waals surface area contributed by atoms with Crippen LogP contribution < -0.4 is 20.1 Å². The number of fused-ring (bicyclic) bond motifs is 1. The largest absolute Gasteiger partial charge is 0.493 e. The Kier molecular flexibility index (Phi) is 6.72. The van der Waals surface area contributed by atoms with E-state index in [1.807, 2.05) is 0 Å². The van der Waals surface area contributed by atoms with E-state index in [4.69, 9.17) is 14.6 Å². The number of hydrogen-bond donors (Lipinski definition) is 4. The summed E-state index contributed by atoms with van der Waals surface area (Å²) in [4.78, 5) is 47.7. The molecule has 2 aromatic heterocycles. The number of rotatable bonds is 8. The third-order valence-electron chi connectivity index (χ3n) is 5.93. The fourth-order valence-corrected chi connectivity index (χ4v) is 4.04. The van der Waals surface area contributed by atoms with Crippen LogP contribution in [-0.2, 0) is 11.2 Å². The lowest BCUT2D eigenvalue weighted by Crippen LogP contribution is -2.31. The molecule has 38 heavy (non-hydrogen) atoms. The van der Waals surface area contributed by atoms with E-state index in [2.05, 4.69) is 25.6 Å². The summed E-state index contributed by atoms with van der Waals surface area (Å²) < 4.78 is 11.1. The zero-order valence-electron chi connectivity index (χ0n) is 20.3. The van der Waals surface area contributed by atoms with Gasteiger partial charge in [0.2, 0.25) is 0 Å². The molecule has 0 bridgehead atoms. The third kappa shape index (κ3) is 5.16. The first-order valence-electron chi connectivity index (χ1n) is 11.7. The summed E-state index contributed by atoms with van der Waals surface area (Å²) in [6, 6.07) is 14.5. The average molecular weight is 514 g/mol. The van der Waals surface area contributed by atoms with E-state index < -0.39 is 11.9 Å². The number of benzene rings is 2.